The number of hydrogen-bond acceptors (Lipinski definition) is 2. The predicted molar refractivity (Wildman–Crippen MR) is 36.7 cm³/mol. The molecular formula is C7H11NO. The maximum absolute atomic E-state index is 6.92. The van der Waals surface area contributed by atoms with Crippen LogP contribution in [0.2, 0.25) is 0 Å². The average Bonchev–Trinajstić information content (AvgIpc) is 1.89. The highest BCUT2D eigenvalue weighted by Crippen LogP contribution is 2.15. The molecule has 0 aromatic rings. The molecule has 1 heterocycles. The maximum Gasteiger partial charge on any atom is 0.135 e. The molecule has 0 unspecified atom stereocenters. The van der Waals surface area contributed by atoms with Gasteiger partial charge in [0.2, 0.25) is 0 Å². The second-order valence-electron chi connectivity index (χ2n) is 2.24. The second kappa shape index (κ2) is 2.67. The van der Waals surface area contributed by atoms with Gasteiger partial charge in [0.1, 0.15) is 5.76 Å². The smallest absolute Gasteiger partial charge is 0.135 e. The Hall–Kier alpha value is -0.790. The molecule has 0 saturated carbocycles. The molecule has 1 N–H and O–H groups in total. The summed E-state index contributed by atoms with van der Waals surface area (Å²) in [6.07, 6.45) is 3.47. The van der Waals surface area contributed by atoms with Gasteiger partial charge in [-0.3, -0.25) is 0 Å². The zero-order valence-corrected chi connectivity index (χ0v) is 5.61. The van der Waals surface area contributed by atoms with Crippen LogP contribution in [0, 0.1) is 5.41 Å². The molecule has 0 bridgehead atoms. The van der Waals surface area contributed by atoms with Crippen LogP contribution < -0.4 is 0 Å². The number of rotatable bonds is 1. The van der Waals surface area contributed by atoms with Crippen LogP contribution >= 0.6 is 0 Å². The van der Waals surface area contributed by atoms with Gasteiger partial charge in [0, 0.05) is 0 Å². The Morgan fingerprint density at radius 1 is 1.67 bits per heavy atom. The van der Waals surface area contributed by atoms with E-state index in [0.717, 1.165) is 25.2 Å². The minimum absolute atomic E-state index is 0.765. The zero-order chi connectivity index (χ0) is 6.69. The van der Waals surface area contributed by atoms with Gasteiger partial charge in [-0.2, -0.15) is 0 Å². The average molecular weight is 125 g/mol. The monoisotopic (exact) mass is 125 g/mol. The number of hydrogen-bond donors (Lipinski definition) is 1. The fourth-order valence-electron chi connectivity index (χ4n) is 0.931. The summed E-state index contributed by atoms with van der Waals surface area (Å²) in [7, 11) is 0. The summed E-state index contributed by atoms with van der Waals surface area (Å²) in [5.41, 5.74) is 1.20. The van der Waals surface area contributed by atoms with Crippen molar-refractivity contribution in [2.24, 2.45) is 0 Å². The molecule has 0 spiro atoms. The first-order valence-corrected chi connectivity index (χ1v) is 3.17. The third-order valence-electron chi connectivity index (χ3n) is 1.51. The van der Waals surface area contributed by atoms with Crippen LogP contribution in [0.1, 0.15) is 19.8 Å². The summed E-state index contributed by atoms with van der Waals surface area (Å²) in [4.78, 5) is 0. The van der Waals surface area contributed by atoms with Gasteiger partial charge in [-0.15, -0.1) is 0 Å². The standard InChI is InChI=1S/C7H11NO/c1-6-3-2-4-9-7(6)5-8/h5,8H,2-4H2,1H3. The van der Waals surface area contributed by atoms with Crippen molar-refractivity contribution in [2.75, 3.05) is 6.61 Å². The molecule has 1 aliphatic heterocycles. The molecule has 0 aromatic carbocycles. The Bertz CT molecular complexity index is 149. The van der Waals surface area contributed by atoms with E-state index < -0.39 is 0 Å². The lowest BCUT2D eigenvalue weighted by atomic mass is 10.1. The highest BCUT2D eigenvalue weighted by atomic mass is 16.5. The van der Waals surface area contributed by atoms with Gasteiger partial charge in [0.15, 0.2) is 0 Å². The van der Waals surface area contributed by atoms with E-state index in [9.17, 15) is 0 Å². The van der Waals surface area contributed by atoms with Gasteiger partial charge in [0.25, 0.3) is 0 Å². The molecule has 0 saturated heterocycles. The van der Waals surface area contributed by atoms with Crippen LogP contribution in [0.5, 0.6) is 0 Å². The van der Waals surface area contributed by atoms with Crippen LogP contribution in [0.25, 0.3) is 0 Å². The van der Waals surface area contributed by atoms with Crippen molar-refractivity contribution >= 4 is 6.21 Å². The first-order valence-electron chi connectivity index (χ1n) is 3.17. The Morgan fingerprint density at radius 2 is 2.44 bits per heavy atom. The van der Waals surface area contributed by atoms with Gasteiger partial charge in [-0.1, -0.05) is 0 Å². The molecule has 0 atom stereocenters. The lowest BCUT2D eigenvalue weighted by Crippen LogP contribution is -2.05. The third-order valence-corrected chi connectivity index (χ3v) is 1.51. The lowest BCUT2D eigenvalue weighted by Gasteiger charge is -2.14. The Kier molecular flexibility index (Phi) is 1.88. The SMILES string of the molecule is CC1=C(C=N)OCCC1. The minimum atomic E-state index is 0.765. The van der Waals surface area contributed by atoms with Gasteiger partial charge in [-0.25, -0.2) is 0 Å². The number of nitrogens with one attached hydrogen (secondary N) is 1. The molecule has 9 heavy (non-hydrogen) atoms. The fraction of sp³-hybridized carbons (Fsp3) is 0.571. The van der Waals surface area contributed by atoms with E-state index in [1.54, 1.807) is 0 Å². The van der Waals surface area contributed by atoms with Crippen LogP contribution in [-0.2, 0) is 4.74 Å². The maximum atomic E-state index is 6.92. The van der Waals surface area contributed by atoms with Crippen LogP contribution in [0.3, 0.4) is 0 Å². The van der Waals surface area contributed by atoms with E-state index in [2.05, 4.69) is 0 Å². The lowest BCUT2D eigenvalue weighted by molar-refractivity contribution is 0.208. The molecule has 0 amide bonds. The molecule has 1 rings (SSSR count). The number of allylic oxidation sites excluding steroid dienone is 2. The van der Waals surface area contributed by atoms with Crippen LogP contribution in [0.4, 0.5) is 0 Å². The molecule has 0 aromatic heterocycles. The van der Waals surface area contributed by atoms with Crippen molar-refractivity contribution in [2.45, 2.75) is 19.8 Å². The van der Waals surface area contributed by atoms with E-state index in [0.29, 0.717) is 0 Å². The Balaban J connectivity index is 2.70. The first-order chi connectivity index (χ1) is 4.34. The van der Waals surface area contributed by atoms with E-state index in [1.807, 2.05) is 6.92 Å². The van der Waals surface area contributed by atoms with E-state index in [4.69, 9.17) is 10.1 Å². The van der Waals surface area contributed by atoms with Crippen molar-refractivity contribution in [1.82, 2.24) is 0 Å². The summed E-state index contributed by atoms with van der Waals surface area (Å²) in [5, 5.41) is 6.92. The highest BCUT2D eigenvalue weighted by Gasteiger charge is 2.06. The predicted octanol–water partition coefficient (Wildman–Crippen LogP) is 1.72. The topological polar surface area (TPSA) is 33.1 Å². The quantitative estimate of drug-likeness (QED) is 0.532. The molecular weight excluding hydrogens is 114 g/mol. The molecule has 0 radical (unpaired) electrons. The van der Waals surface area contributed by atoms with Crippen LogP contribution in [-0.4, -0.2) is 12.8 Å². The largest absolute Gasteiger partial charge is 0.492 e. The summed E-state index contributed by atoms with van der Waals surface area (Å²) >= 11 is 0. The third kappa shape index (κ3) is 1.31. The molecule has 2 nitrogen and oxygen atoms in total. The second-order valence-corrected chi connectivity index (χ2v) is 2.24. The van der Waals surface area contributed by atoms with E-state index in [1.165, 1.54) is 11.8 Å². The fourth-order valence-corrected chi connectivity index (χ4v) is 0.931. The molecule has 1 aliphatic rings. The van der Waals surface area contributed by atoms with Crippen molar-refractivity contribution in [1.29, 1.82) is 5.41 Å². The first kappa shape index (κ1) is 6.33. The highest BCUT2D eigenvalue weighted by molar-refractivity contribution is 5.74. The zero-order valence-electron chi connectivity index (χ0n) is 5.61. The Morgan fingerprint density at radius 3 is 2.89 bits per heavy atom. The normalized spacial score (nSPS) is 19.2. The van der Waals surface area contributed by atoms with Gasteiger partial charge < -0.3 is 10.1 Å². The summed E-state index contributed by atoms with van der Waals surface area (Å²) in [6.45, 7) is 2.79. The van der Waals surface area contributed by atoms with E-state index >= 15 is 0 Å². The van der Waals surface area contributed by atoms with Gasteiger partial charge in [-0.05, 0) is 25.3 Å². The molecule has 2 heteroatoms. The summed E-state index contributed by atoms with van der Waals surface area (Å²) in [5.74, 6) is 0.765. The Labute approximate surface area is 55.0 Å². The van der Waals surface area contributed by atoms with Gasteiger partial charge in [0.05, 0.1) is 12.8 Å². The van der Waals surface area contributed by atoms with Crippen molar-refractivity contribution in [3.63, 3.8) is 0 Å². The minimum Gasteiger partial charge on any atom is -0.492 e. The van der Waals surface area contributed by atoms with E-state index in [-0.39, 0.29) is 0 Å². The van der Waals surface area contributed by atoms with Crippen molar-refractivity contribution in [3.05, 3.63) is 11.3 Å². The number of ether oxygens (including phenoxy) is 1. The van der Waals surface area contributed by atoms with Crippen LogP contribution in [0.15, 0.2) is 11.3 Å². The summed E-state index contributed by atoms with van der Waals surface area (Å²) < 4.78 is 5.18. The van der Waals surface area contributed by atoms with Crippen molar-refractivity contribution in [3.8, 4) is 0 Å². The van der Waals surface area contributed by atoms with Gasteiger partial charge >= 0.3 is 0 Å². The molecule has 50 valence electrons. The van der Waals surface area contributed by atoms with Crippen molar-refractivity contribution < 1.29 is 4.74 Å². The summed E-state index contributed by atoms with van der Waals surface area (Å²) in [6, 6.07) is 0. The molecule has 0 fully saturated rings. The molecule has 0 aliphatic carbocycles.